The summed E-state index contributed by atoms with van der Waals surface area (Å²) in [4.78, 5) is 4.25. The van der Waals surface area contributed by atoms with Crippen LogP contribution in [0.3, 0.4) is 0 Å². The van der Waals surface area contributed by atoms with Crippen LogP contribution in [-0.2, 0) is 6.54 Å². The summed E-state index contributed by atoms with van der Waals surface area (Å²) in [5.74, 6) is 0.386. The van der Waals surface area contributed by atoms with Crippen LogP contribution in [0, 0.1) is 0 Å². The van der Waals surface area contributed by atoms with Crippen LogP contribution in [0.15, 0.2) is 33.7 Å². The van der Waals surface area contributed by atoms with Crippen molar-refractivity contribution in [2.24, 2.45) is 4.99 Å². The second kappa shape index (κ2) is 8.14. The third kappa shape index (κ3) is 7.37. The maximum atomic E-state index is 12.1. The highest BCUT2D eigenvalue weighted by Crippen LogP contribution is 2.18. The SMILES string of the molecule is CCNC(=NCc1cccc(Br)c1)NCCC(F)(F)F. The molecule has 0 aliphatic carbocycles. The number of nitrogens with one attached hydrogen (secondary N) is 2. The minimum absolute atomic E-state index is 0.187. The van der Waals surface area contributed by atoms with Crippen LogP contribution in [-0.4, -0.2) is 25.2 Å². The second-order valence-electron chi connectivity index (χ2n) is 4.12. The van der Waals surface area contributed by atoms with E-state index in [2.05, 4.69) is 31.6 Å². The number of halogens is 4. The van der Waals surface area contributed by atoms with Gasteiger partial charge in [0.1, 0.15) is 0 Å². The number of hydrogen-bond donors (Lipinski definition) is 2. The molecule has 0 radical (unpaired) electrons. The molecule has 20 heavy (non-hydrogen) atoms. The van der Waals surface area contributed by atoms with Crippen molar-refractivity contribution >= 4 is 21.9 Å². The van der Waals surface area contributed by atoms with Gasteiger partial charge in [-0.05, 0) is 24.6 Å². The van der Waals surface area contributed by atoms with Gasteiger partial charge in [-0.15, -0.1) is 0 Å². The van der Waals surface area contributed by atoms with Crippen LogP contribution >= 0.6 is 15.9 Å². The molecule has 0 aliphatic rings. The molecule has 2 N–H and O–H groups in total. The van der Waals surface area contributed by atoms with E-state index in [9.17, 15) is 13.2 Å². The largest absolute Gasteiger partial charge is 0.390 e. The molecule has 1 aromatic rings. The molecule has 0 saturated heterocycles. The number of hydrogen-bond acceptors (Lipinski definition) is 1. The Morgan fingerprint density at radius 2 is 2.05 bits per heavy atom. The third-order valence-corrected chi connectivity index (χ3v) is 2.85. The number of aliphatic imine (C=N–C) groups is 1. The van der Waals surface area contributed by atoms with Gasteiger partial charge in [-0.3, -0.25) is 0 Å². The molecule has 0 bridgehead atoms. The second-order valence-corrected chi connectivity index (χ2v) is 5.03. The molecule has 0 atom stereocenters. The van der Waals surface area contributed by atoms with E-state index in [0.29, 0.717) is 19.0 Å². The Labute approximate surface area is 124 Å². The van der Waals surface area contributed by atoms with Crippen LogP contribution in [0.5, 0.6) is 0 Å². The van der Waals surface area contributed by atoms with Gasteiger partial charge in [-0.1, -0.05) is 28.1 Å². The summed E-state index contributed by atoms with van der Waals surface area (Å²) >= 11 is 3.36. The lowest BCUT2D eigenvalue weighted by atomic mass is 10.2. The van der Waals surface area contributed by atoms with Crippen molar-refractivity contribution < 1.29 is 13.2 Å². The first-order valence-corrected chi connectivity index (χ1v) is 7.03. The Morgan fingerprint density at radius 3 is 2.65 bits per heavy atom. The first kappa shape index (κ1) is 16.8. The lowest BCUT2D eigenvalue weighted by Gasteiger charge is -2.12. The van der Waals surface area contributed by atoms with Gasteiger partial charge in [0.2, 0.25) is 0 Å². The Morgan fingerprint density at radius 1 is 1.30 bits per heavy atom. The van der Waals surface area contributed by atoms with Crippen LogP contribution in [0.1, 0.15) is 18.9 Å². The molecule has 3 nitrogen and oxygen atoms in total. The first-order valence-electron chi connectivity index (χ1n) is 6.24. The summed E-state index contributed by atoms with van der Waals surface area (Å²) in [7, 11) is 0. The van der Waals surface area contributed by atoms with E-state index in [-0.39, 0.29) is 6.54 Å². The smallest absolute Gasteiger partial charge is 0.357 e. The maximum absolute atomic E-state index is 12.1. The quantitative estimate of drug-likeness (QED) is 0.629. The van der Waals surface area contributed by atoms with Crippen molar-refractivity contribution in [3.63, 3.8) is 0 Å². The van der Waals surface area contributed by atoms with E-state index in [4.69, 9.17) is 0 Å². The standard InChI is InChI=1S/C13H17BrF3N3/c1-2-18-12(19-7-6-13(15,16)17)20-9-10-4-3-5-11(14)8-10/h3-5,8H,2,6-7,9H2,1H3,(H2,18,19,20). The Balaban J connectivity index is 2.54. The topological polar surface area (TPSA) is 36.4 Å². The molecule has 7 heteroatoms. The Bertz CT molecular complexity index is 447. The Hall–Kier alpha value is -1.24. The average Bonchev–Trinajstić information content (AvgIpc) is 2.34. The number of rotatable bonds is 5. The third-order valence-electron chi connectivity index (χ3n) is 2.35. The normalized spacial score (nSPS) is 12.3. The molecule has 0 fully saturated rings. The molecule has 0 amide bonds. The van der Waals surface area contributed by atoms with Gasteiger partial charge < -0.3 is 10.6 Å². The lowest BCUT2D eigenvalue weighted by molar-refractivity contribution is -0.132. The summed E-state index contributed by atoms with van der Waals surface area (Å²) < 4.78 is 37.2. The lowest BCUT2D eigenvalue weighted by Crippen LogP contribution is -2.38. The number of alkyl halides is 3. The molecule has 0 aliphatic heterocycles. The van der Waals surface area contributed by atoms with Crippen molar-refractivity contribution in [3.8, 4) is 0 Å². The molecule has 0 aromatic heterocycles. The zero-order valence-corrected chi connectivity index (χ0v) is 12.7. The summed E-state index contributed by atoms with van der Waals surface area (Å²) in [5, 5.41) is 5.58. The average molecular weight is 352 g/mol. The van der Waals surface area contributed by atoms with Gasteiger partial charge >= 0.3 is 6.18 Å². The van der Waals surface area contributed by atoms with Gasteiger partial charge in [-0.2, -0.15) is 13.2 Å². The van der Waals surface area contributed by atoms with Gasteiger partial charge in [-0.25, -0.2) is 4.99 Å². The van der Waals surface area contributed by atoms with Gasteiger partial charge in [0, 0.05) is 17.6 Å². The molecule has 1 rings (SSSR count). The molecule has 0 saturated carbocycles. The minimum atomic E-state index is -4.16. The van der Waals surface area contributed by atoms with E-state index in [1.54, 1.807) is 0 Å². The monoisotopic (exact) mass is 351 g/mol. The fraction of sp³-hybridized carbons (Fsp3) is 0.462. The van der Waals surface area contributed by atoms with Crippen LogP contribution in [0.4, 0.5) is 13.2 Å². The molecule has 1 aromatic carbocycles. The van der Waals surface area contributed by atoms with Gasteiger partial charge in [0.05, 0.1) is 13.0 Å². The minimum Gasteiger partial charge on any atom is -0.357 e. The van der Waals surface area contributed by atoms with Gasteiger partial charge in [0.25, 0.3) is 0 Å². The molecule has 0 heterocycles. The highest BCUT2D eigenvalue weighted by atomic mass is 79.9. The zero-order chi connectivity index (χ0) is 15.0. The molecule has 112 valence electrons. The predicted molar refractivity (Wildman–Crippen MR) is 77.6 cm³/mol. The van der Waals surface area contributed by atoms with E-state index >= 15 is 0 Å². The van der Waals surface area contributed by atoms with E-state index in [1.807, 2.05) is 31.2 Å². The summed E-state index contributed by atoms with van der Waals surface area (Å²) in [5.41, 5.74) is 0.979. The van der Waals surface area contributed by atoms with Crippen LogP contribution < -0.4 is 10.6 Å². The maximum Gasteiger partial charge on any atom is 0.390 e. The molecule has 0 unspecified atom stereocenters. The number of nitrogens with zero attached hydrogens (tertiary/aromatic N) is 1. The number of benzene rings is 1. The summed E-state index contributed by atoms with van der Waals surface area (Å²) in [6.45, 7) is 2.67. The highest BCUT2D eigenvalue weighted by Gasteiger charge is 2.26. The Kier molecular flexibility index (Phi) is 6.84. The molecular formula is C13H17BrF3N3. The van der Waals surface area contributed by atoms with Crippen molar-refractivity contribution in [2.75, 3.05) is 13.1 Å². The molecular weight excluding hydrogens is 335 g/mol. The highest BCUT2D eigenvalue weighted by molar-refractivity contribution is 9.10. The summed E-state index contributed by atoms with van der Waals surface area (Å²) in [6.07, 6.45) is -5.04. The fourth-order valence-corrected chi connectivity index (χ4v) is 1.92. The first-order chi connectivity index (χ1) is 9.40. The van der Waals surface area contributed by atoms with Crippen LogP contribution in [0.25, 0.3) is 0 Å². The van der Waals surface area contributed by atoms with Crippen molar-refractivity contribution in [3.05, 3.63) is 34.3 Å². The van der Waals surface area contributed by atoms with Gasteiger partial charge in [0.15, 0.2) is 5.96 Å². The summed E-state index contributed by atoms with van der Waals surface area (Å²) in [6, 6.07) is 7.62. The van der Waals surface area contributed by atoms with E-state index in [0.717, 1.165) is 10.0 Å². The van der Waals surface area contributed by atoms with Crippen LogP contribution in [0.2, 0.25) is 0 Å². The van der Waals surface area contributed by atoms with E-state index in [1.165, 1.54) is 0 Å². The molecule has 0 spiro atoms. The fourth-order valence-electron chi connectivity index (χ4n) is 1.47. The predicted octanol–water partition coefficient (Wildman–Crippen LogP) is 3.46. The van der Waals surface area contributed by atoms with Crippen molar-refractivity contribution in [1.29, 1.82) is 0 Å². The van der Waals surface area contributed by atoms with Crippen molar-refractivity contribution in [1.82, 2.24) is 10.6 Å². The van der Waals surface area contributed by atoms with E-state index < -0.39 is 12.6 Å². The number of guanidine groups is 1. The van der Waals surface area contributed by atoms with Crippen molar-refractivity contribution in [2.45, 2.75) is 26.1 Å². The zero-order valence-electron chi connectivity index (χ0n) is 11.1.